The van der Waals surface area contributed by atoms with E-state index in [9.17, 15) is 18.0 Å². The average molecular weight is 384 g/mol. The lowest BCUT2D eigenvalue weighted by Gasteiger charge is -2.13. The first-order valence-corrected chi connectivity index (χ1v) is 8.91. The topological polar surface area (TPSA) is 66.0 Å². The molecule has 0 atom stereocenters. The van der Waals surface area contributed by atoms with Crippen molar-refractivity contribution in [3.8, 4) is 0 Å². The van der Waals surface area contributed by atoms with Crippen LogP contribution in [0, 0.1) is 0 Å². The van der Waals surface area contributed by atoms with Crippen LogP contribution in [-0.2, 0) is 6.18 Å². The maximum atomic E-state index is 12.8. The highest BCUT2D eigenvalue weighted by atomic mass is 32.2. The summed E-state index contributed by atoms with van der Waals surface area (Å²) in [5.41, 5.74) is -0.831. The van der Waals surface area contributed by atoms with Crippen molar-refractivity contribution in [2.45, 2.75) is 11.1 Å². The van der Waals surface area contributed by atoms with Crippen molar-refractivity contribution in [3.63, 3.8) is 0 Å². The third-order valence-corrected chi connectivity index (χ3v) is 4.23. The van der Waals surface area contributed by atoms with Gasteiger partial charge in [0.2, 0.25) is 0 Å². The number of benzene rings is 1. The van der Waals surface area contributed by atoms with Crippen LogP contribution in [0.15, 0.2) is 53.6 Å². The molecule has 0 aliphatic heterocycles. The van der Waals surface area contributed by atoms with Crippen molar-refractivity contribution in [3.05, 3.63) is 54.2 Å². The van der Waals surface area contributed by atoms with E-state index in [0.29, 0.717) is 6.54 Å². The molecule has 0 fully saturated rings. The predicted molar refractivity (Wildman–Crippen MR) is 96.3 cm³/mol. The van der Waals surface area contributed by atoms with Crippen molar-refractivity contribution in [1.82, 2.24) is 15.6 Å². The number of carbonyl (C=O) groups excluding carboxylic acids is 1. The van der Waals surface area contributed by atoms with Gasteiger partial charge in [-0.3, -0.25) is 0 Å². The summed E-state index contributed by atoms with van der Waals surface area (Å²) < 4.78 is 38.5. The van der Waals surface area contributed by atoms with Crippen molar-refractivity contribution in [2.24, 2.45) is 0 Å². The lowest BCUT2D eigenvalue weighted by molar-refractivity contribution is -0.137. The van der Waals surface area contributed by atoms with Gasteiger partial charge in [-0.1, -0.05) is 18.2 Å². The summed E-state index contributed by atoms with van der Waals surface area (Å²) in [6.07, 6.45) is -3.19. The summed E-state index contributed by atoms with van der Waals surface area (Å²) in [7, 11) is 0. The van der Waals surface area contributed by atoms with Crippen LogP contribution in [0.1, 0.15) is 5.56 Å². The zero-order valence-corrected chi connectivity index (χ0v) is 14.7. The molecule has 0 spiro atoms. The Morgan fingerprint density at radius 3 is 2.46 bits per heavy atom. The molecule has 5 nitrogen and oxygen atoms in total. The Labute approximate surface area is 153 Å². The number of halogens is 3. The van der Waals surface area contributed by atoms with E-state index in [1.54, 1.807) is 11.8 Å². The fourth-order valence-corrected chi connectivity index (χ4v) is 2.83. The molecule has 140 valence electrons. The highest BCUT2D eigenvalue weighted by Gasteiger charge is 2.33. The Kier molecular flexibility index (Phi) is 7.58. The SMILES string of the molecule is O=C(NCCNc1ncccc1C(F)(F)F)NCCSc1ccccc1. The molecule has 1 aromatic heterocycles. The average Bonchev–Trinajstić information content (AvgIpc) is 2.63. The molecule has 2 rings (SSSR count). The van der Waals surface area contributed by atoms with Gasteiger partial charge in [-0.2, -0.15) is 13.2 Å². The second kappa shape index (κ2) is 9.91. The van der Waals surface area contributed by atoms with Crippen molar-refractivity contribution in [1.29, 1.82) is 0 Å². The molecule has 1 heterocycles. The molecular formula is C17H19F3N4OS. The lowest BCUT2D eigenvalue weighted by atomic mass is 10.2. The number of carbonyl (C=O) groups is 1. The van der Waals surface area contributed by atoms with E-state index < -0.39 is 11.7 Å². The second-order valence-corrected chi connectivity index (χ2v) is 6.34. The molecule has 1 aromatic carbocycles. The quantitative estimate of drug-likeness (QED) is 0.481. The van der Waals surface area contributed by atoms with Crippen LogP contribution in [0.5, 0.6) is 0 Å². The minimum atomic E-state index is -4.47. The molecule has 9 heteroatoms. The van der Waals surface area contributed by atoms with E-state index in [-0.39, 0.29) is 24.9 Å². The number of anilines is 1. The molecule has 0 saturated heterocycles. The van der Waals surface area contributed by atoms with Crippen LogP contribution in [0.2, 0.25) is 0 Å². The molecule has 0 radical (unpaired) electrons. The van der Waals surface area contributed by atoms with Gasteiger partial charge >= 0.3 is 12.2 Å². The van der Waals surface area contributed by atoms with Gasteiger partial charge in [-0.25, -0.2) is 9.78 Å². The van der Waals surface area contributed by atoms with Gasteiger partial charge in [-0.15, -0.1) is 11.8 Å². The third-order valence-electron chi connectivity index (χ3n) is 3.22. The van der Waals surface area contributed by atoms with Gasteiger partial charge < -0.3 is 16.0 Å². The number of pyridine rings is 1. The Balaban J connectivity index is 1.62. The van der Waals surface area contributed by atoms with E-state index in [2.05, 4.69) is 20.9 Å². The minimum absolute atomic E-state index is 0.131. The summed E-state index contributed by atoms with van der Waals surface area (Å²) in [5.74, 6) is 0.472. The second-order valence-electron chi connectivity index (χ2n) is 5.17. The van der Waals surface area contributed by atoms with Gasteiger partial charge in [-0.05, 0) is 24.3 Å². The van der Waals surface area contributed by atoms with Crippen molar-refractivity contribution < 1.29 is 18.0 Å². The Morgan fingerprint density at radius 2 is 1.73 bits per heavy atom. The molecule has 0 aliphatic carbocycles. The van der Waals surface area contributed by atoms with E-state index in [4.69, 9.17) is 0 Å². The molecule has 0 aliphatic rings. The van der Waals surface area contributed by atoms with E-state index >= 15 is 0 Å². The molecule has 2 aromatic rings. The first-order valence-electron chi connectivity index (χ1n) is 7.92. The minimum Gasteiger partial charge on any atom is -0.368 e. The van der Waals surface area contributed by atoms with Crippen LogP contribution in [0.4, 0.5) is 23.8 Å². The summed E-state index contributed by atoms with van der Waals surface area (Å²) >= 11 is 1.62. The Bertz CT molecular complexity index is 698. The number of amides is 2. The van der Waals surface area contributed by atoms with E-state index in [1.807, 2.05) is 30.3 Å². The normalized spacial score (nSPS) is 11.0. The van der Waals surface area contributed by atoms with Gasteiger partial charge in [0.15, 0.2) is 0 Å². The monoisotopic (exact) mass is 384 g/mol. The maximum absolute atomic E-state index is 12.8. The van der Waals surface area contributed by atoms with Crippen LogP contribution >= 0.6 is 11.8 Å². The number of alkyl halides is 3. The first kappa shape index (κ1) is 19.9. The molecule has 0 bridgehead atoms. The highest BCUT2D eigenvalue weighted by molar-refractivity contribution is 7.99. The van der Waals surface area contributed by atoms with E-state index in [0.717, 1.165) is 16.7 Å². The Morgan fingerprint density at radius 1 is 1.00 bits per heavy atom. The molecule has 26 heavy (non-hydrogen) atoms. The van der Waals surface area contributed by atoms with Gasteiger partial charge in [0.25, 0.3) is 0 Å². The first-order chi connectivity index (χ1) is 12.5. The number of nitrogens with one attached hydrogen (secondary N) is 3. The number of aromatic nitrogens is 1. The largest absolute Gasteiger partial charge is 0.419 e. The summed E-state index contributed by atoms with van der Waals surface area (Å²) in [4.78, 5) is 16.4. The molecular weight excluding hydrogens is 365 g/mol. The van der Waals surface area contributed by atoms with E-state index in [1.165, 1.54) is 12.3 Å². The van der Waals surface area contributed by atoms with Gasteiger partial charge in [0.1, 0.15) is 5.82 Å². The molecule has 2 amide bonds. The predicted octanol–water partition coefficient (Wildman–Crippen LogP) is 3.60. The number of thioether (sulfide) groups is 1. The number of nitrogens with zero attached hydrogens (tertiary/aromatic N) is 1. The molecule has 3 N–H and O–H groups in total. The molecule has 0 saturated carbocycles. The zero-order valence-electron chi connectivity index (χ0n) is 13.8. The molecule has 0 unspecified atom stereocenters. The van der Waals surface area contributed by atoms with Crippen molar-refractivity contribution >= 4 is 23.6 Å². The zero-order chi connectivity index (χ0) is 18.8. The number of hydrogen-bond donors (Lipinski definition) is 3. The highest BCUT2D eigenvalue weighted by Crippen LogP contribution is 2.33. The van der Waals surface area contributed by atoms with Gasteiger partial charge in [0.05, 0.1) is 5.56 Å². The van der Waals surface area contributed by atoms with Crippen molar-refractivity contribution in [2.75, 3.05) is 30.7 Å². The summed E-state index contributed by atoms with van der Waals surface area (Å²) in [6.45, 7) is 0.787. The number of urea groups is 1. The van der Waals surface area contributed by atoms with Gasteiger partial charge in [0, 0.05) is 36.5 Å². The fraction of sp³-hybridized carbons (Fsp3) is 0.294. The van der Waals surface area contributed by atoms with Crippen LogP contribution in [0.25, 0.3) is 0 Å². The van der Waals surface area contributed by atoms with Crippen LogP contribution in [-0.4, -0.2) is 36.4 Å². The van der Waals surface area contributed by atoms with Crippen LogP contribution < -0.4 is 16.0 Å². The number of hydrogen-bond acceptors (Lipinski definition) is 4. The standard InChI is InChI=1S/C17H19F3N4OS/c18-17(19,20)14-7-4-8-21-15(14)22-9-10-23-16(25)24-11-12-26-13-5-2-1-3-6-13/h1-8H,9-12H2,(H,21,22)(H2,23,24,25). The smallest absolute Gasteiger partial charge is 0.368 e. The fourth-order valence-electron chi connectivity index (χ4n) is 2.04. The summed E-state index contributed by atoms with van der Waals surface area (Å²) in [6, 6.07) is 11.6. The third kappa shape index (κ3) is 6.83. The Hall–Kier alpha value is -2.42. The summed E-state index contributed by atoms with van der Waals surface area (Å²) in [5, 5.41) is 7.86. The number of rotatable bonds is 8. The maximum Gasteiger partial charge on any atom is 0.419 e. The lowest BCUT2D eigenvalue weighted by Crippen LogP contribution is -2.39. The van der Waals surface area contributed by atoms with Crippen LogP contribution in [0.3, 0.4) is 0 Å².